The van der Waals surface area contributed by atoms with Crippen molar-refractivity contribution in [3.63, 3.8) is 0 Å². The number of aromatic nitrogens is 1. The second-order valence-corrected chi connectivity index (χ2v) is 4.50. The van der Waals surface area contributed by atoms with Gasteiger partial charge in [0.25, 0.3) is 5.91 Å². The fourth-order valence-electron chi connectivity index (χ4n) is 1.69. The molecule has 0 aliphatic carbocycles. The Hall–Kier alpha value is -2.28. The summed E-state index contributed by atoms with van der Waals surface area (Å²) in [6, 6.07) is 3.03. The molecule has 1 aromatic heterocycles. The van der Waals surface area contributed by atoms with Crippen molar-refractivity contribution in [2.24, 2.45) is 0 Å². The van der Waals surface area contributed by atoms with E-state index in [1.165, 1.54) is 19.2 Å². The number of amides is 2. The van der Waals surface area contributed by atoms with E-state index in [-0.39, 0.29) is 11.5 Å². The number of carbonyl (C=O) groups excluding carboxylic acids is 3. The largest absolute Gasteiger partial charge is 0.394 e. The van der Waals surface area contributed by atoms with Gasteiger partial charge in [0.1, 0.15) is 11.7 Å². The zero-order chi connectivity index (χ0) is 15.8. The number of carbonyl (C=O) groups is 3. The molecule has 0 saturated carbocycles. The molecule has 0 spiro atoms. The third-order valence-corrected chi connectivity index (χ3v) is 2.92. The van der Waals surface area contributed by atoms with Crippen molar-refractivity contribution in [3.05, 3.63) is 30.1 Å². The van der Waals surface area contributed by atoms with Crippen LogP contribution >= 0.6 is 0 Å². The summed E-state index contributed by atoms with van der Waals surface area (Å²) in [5.74, 6) is -1.36. The van der Waals surface area contributed by atoms with E-state index >= 15 is 0 Å². The summed E-state index contributed by atoms with van der Waals surface area (Å²) in [4.78, 5) is 39.0. The Labute approximate surface area is 122 Å². The number of hydrogen-bond donors (Lipinski definition) is 3. The van der Waals surface area contributed by atoms with Gasteiger partial charge in [0.05, 0.1) is 12.6 Å². The third kappa shape index (κ3) is 4.96. The van der Waals surface area contributed by atoms with E-state index in [1.54, 1.807) is 19.1 Å². The SMILES string of the molecule is CC[C@@H](NC(=O)[C@H](CO)NC(=O)c1ccccn1)C(C)=O. The van der Waals surface area contributed by atoms with Gasteiger partial charge in [-0.15, -0.1) is 0 Å². The quantitative estimate of drug-likeness (QED) is 0.637. The Bertz CT molecular complexity index is 504. The first-order valence-corrected chi connectivity index (χ1v) is 6.63. The van der Waals surface area contributed by atoms with Crippen molar-refractivity contribution in [1.29, 1.82) is 0 Å². The predicted octanol–water partition coefficient (Wildman–Crippen LogP) is -0.344. The second-order valence-electron chi connectivity index (χ2n) is 4.50. The molecule has 0 radical (unpaired) electrons. The molecule has 0 bridgehead atoms. The number of pyridine rings is 1. The Morgan fingerprint density at radius 1 is 1.24 bits per heavy atom. The zero-order valence-electron chi connectivity index (χ0n) is 12.0. The summed E-state index contributed by atoms with van der Waals surface area (Å²) in [5, 5.41) is 14.1. The van der Waals surface area contributed by atoms with E-state index < -0.39 is 30.5 Å². The first-order chi connectivity index (χ1) is 9.99. The van der Waals surface area contributed by atoms with Gasteiger partial charge in [-0.25, -0.2) is 0 Å². The maximum Gasteiger partial charge on any atom is 0.270 e. The van der Waals surface area contributed by atoms with Gasteiger partial charge >= 0.3 is 0 Å². The molecule has 1 heterocycles. The number of nitrogens with one attached hydrogen (secondary N) is 2. The average molecular weight is 293 g/mol. The topological polar surface area (TPSA) is 108 Å². The lowest BCUT2D eigenvalue weighted by Gasteiger charge is -2.19. The van der Waals surface area contributed by atoms with Crippen LogP contribution in [0.2, 0.25) is 0 Å². The second kappa shape index (κ2) is 8.11. The number of hydrogen-bond acceptors (Lipinski definition) is 5. The summed E-state index contributed by atoms with van der Waals surface area (Å²) in [7, 11) is 0. The summed E-state index contributed by atoms with van der Waals surface area (Å²) in [5.41, 5.74) is 0.141. The summed E-state index contributed by atoms with van der Waals surface area (Å²) in [6.07, 6.45) is 1.89. The molecule has 7 heteroatoms. The van der Waals surface area contributed by atoms with E-state index in [4.69, 9.17) is 0 Å². The Morgan fingerprint density at radius 2 is 1.95 bits per heavy atom. The van der Waals surface area contributed by atoms with Crippen LogP contribution in [-0.2, 0) is 9.59 Å². The molecule has 0 unspecified atom stereocenters. The zero-order valence-corrected chi connectivity index (χ0v) is 12.0. The molecule has 21 heavy (non-hydrogen) atoms. The van der Waals surface area contributed by atoms with Crippen molar-refractivity contribution in [1.82, 2.24) is 15.6 Å². The van der Waals surface area contributed by atoms with Crippen LogP contribution in [-0.4, -0.2) is 46.4 Å². The smallest absolute Gasteiger partial charge is 0.270 e. The molecular formula is C14H19N3O4. The number of aliphatic hydroxyl groups excluding tert-OH is 1. The van der Waals surface area contributed by atoms with Gasteiger partial charge in [-0.3, -0.25) is 19.4 Å². The molecule has 3 N–H and O–H groups in total. The van der Waals surface area contributed by atoms with Gasteiger partial charge in [0.15, 0.2) is 5.78 Å². The molecule has 0 aliphatic rings. The number of rotatable bonds is 7. The van der Waals surface area contributed by atoms with E-state index in [2.05, 4.69) is 15.6 Å². The van der Waals surface area contributed by atoms with Gasteiger partial charge in [-0.05, 0) is 25.5 Å². The minimum absolute atomic E-state index is 0.141. The molecule has 0 saturated heterocycles. The first kappa shape index (κ1) is 16.8. The third-order valence-electron chi connectivity index (χ3n) is 2.92. The Morgan fingerprint density at radius 3 is 2.43 bits per heavy atom. The standard InChI is InChI=1S/C14H19N3O4/c1-3-10(9(2)19)16-14(21)12(8-18)17-13(20)11-6-4-5-7-15-11/h4-7,10,12,18H,3,8H2,1-2H3,(H,16,21)(H,17,20)/t10-,12+/m1/s1. The van der Waals surface area contributed by atoms with Gasteiger partial charge in [-0.1, -0.05) is 13.0 Å². The maximum absolute atomic E-state index is 12.0. The summed E-state index contributed by atoms with van der Waals surface area (Å²) >= 11 is 0. The molecule has 0 fully saturated rings. The summed E-state index contributed by atoms with van der Waals surface area (Å²) < 4.78 is 0. The fourth-order valence-corrected chi connectivity index (χ4v) is 1.69. The number of aliphatic hydroxyl groups is 1. The minimum Gasteiger partial charge on any atom is -0.394 e. The minimum atomic E-state index is -1.13. The molecule has 1 rings (SSSR count). The number of nitrogens with zero attached hydrogens (tertiary/aromatic N) is 1. The molecule has 7 nitrogen and oxygen atoms in total. The lowest BCUT2D eigenvalue weighted by molar-refractivity contribution is -0.128. The average Bonchev–Trinajstić information content (AvgIpc) is 2.50. The monoisotopic (exact) mass is 293 g/mol. The number of Topliss-reactive ketones (excluding diaryl/α,β-unsaturated/α-hetero) is 1. The molecule has 2 atom stereocenters. The van der Waals surface area contributed by atoms with Crippen molar-refractivity contribution < 1.29 is 19.5 Å². The van der Waals surface area contributed by atoms with Crippen LogP contribution in [0.5, 0.6) is 0 Å². The Balaban J connectivity index is 2.68. The normalized spacial score (nSPS) is 13.1. The highest BCUT2D eigenvalue weighted by atomic mass is 16.3. The predicted molar refractivity (Wildman–Crippen MR) is 75.5 cm³/mol. The van der Waals surface area contributed by atoms with Gasteiger partial charge < -0.3 is 15.7 Å². The lowest BCUT2D eigenvalue weighted by atomic mass is 10.1. The van der Waals surface area contributed by atoms with Crippen LogP contribution in [0.4, 0.5) is 0 Å². The fraction of sp³-hybridized carbons (Fsp3) is 0.429. The van der Waals surface area contributed by atoms with Crippen LogP contribution in [0.25, 0.3) is 0 Å². The van der Waals surface area contributed by atoms with Crippen molar-refractivity contribution in [3.8, 4) is 0 Å². The molecular weight excluding hydrogens is 274 g/mol. The Kier molecular flexibility index (Phi) is 6.48. The number of ketones is 1. The highest BCUT2D eigenvalue weighted by Crippen LogP contribution is 1.97. The van der Waals surface area contributed by atoms with Gasteiger partial charge in [-0.2, -0.15) is 0 Å². The highest BCUT2D eigenvalue weighted by molar-refractivity contribution is 5.97. The molecule has 1 aromatic rings. The van der Waals surface area contributed by atoms with E-state index in [1.807, 2.05) is 0 Å². The molecule has 0 aromatic carbocycles. The van der Waals surface area contributed by atoms with E-state index in [9.17, 15) is 19.5 Å². The van der Waals surface area contributed by atoms with Crippen LogP contribution in [0.15, 0.2) is 24.4 Å². The van der Waals surface area contributed by atoms with Crippen molar-refractivity contribution >= 4 is 17.6 Å². The van der Waals surface area contributed by atoms with Crippen molar-refractivity contribution in [2.45, 2.75) is 32.4 Å². The van der Waals surface area contributed by atoms with Gasteiger partial charge in [0.2, 0.25) is 5.91 Å². The first-order valence-electron chi connectivity index (χ1n) is 6.63. The lowest BCUT2D eigenvalue weighted by Crippen LogP contribution is -2.52. The van der Waals surface area contributed by atoms with E-state index in [0.717, 1.165) is 0 Å². The molecule has 114 valence electrons. The van der Waals surface area contributed by atoms with Crippen LogP contribution in [0.3, 0.4) is 0 Å². The van der Waals surface area contributed by atoms with Crippen LogP contribution in [0, 0.1) is 0 Å². The van der Waals surface area contributed by atoms with Crippen molar-refractivity contribution in [2.75, 3.05) is 6.61 Å². The van der Waals surface area contributed by atoms with Gasteiger partial charge in [0, 0.05) is 6.20 Å². The molecule has 2 amide bonds. The maximum atomic E-state index is 12.0. The summed E-state index contributed by atoms with van der Waals surface area (Å²) in [6.45, 7) is 2.56. The van der Waals surface area contributed by atoms with Crippen LogP contribution < -0.4 is 10.6 Å². The highest BCUT2D eigenvalue weighted by Gasteiger charge is 2.24. The van der Waals surface area contributed by atoms with Crippen LogP contribution in [0.1, 0.15) is 30.8 Å². The van der Waals surface area contributed by atoms with E-state index in [0.29, 0.717) is 6.42 Å². The molecule has 0 aliphatic heterocycles.